The summed E-state index contributed by atoms with van der Waals surface area (Å²) in [7, 11) is 0. The van der Waals surface area contributed by atoms with Gasteiger partial charge in [-0.2, -0.15) is 0 Å². The van der Waals surface area contributed by atoms with Crippen molar-refractivity contribution in [2.24, 2.45) is 0 Å². The van der Waals surface area contributed by atoms with Crippen molar-refractivity contribution in [2.75, 3.05) is 4.90 Å². The molecular weight excluding hydrogens is 767 g/mol. The van der Waals surface area contributed by atoms with E-state index in [0.29, 0.717) is 0 Å². The number of benzene rings is 9. The Kier molecular flexibility index (Phi) is 9.17. The van der Waals surface area contributed by atoms with Gasteiger partial charge in [0, 0.05) is 61.3 Å². The standard InChI is InChI=1S/C60H47NO2/c1-59(2)51-18-8-10-22-55(51)62-57-49(16-12-20-53(57)59)44-30-36-47(37-31-44)61(46-34-28-43(29-35-46)42-26-24-41(25-27-42)40-14-6-5-7-15-40)48-38-32-45(33-39-48)50-17-13-21-54-58(50)63-56-23-11-9-19-52(56)60(54,3)4/h5-39H,1-4H3. The van der Waals surface area contributed by atoms with Crippen LogP contribution in [-0.2, 0) is 10.8 Å². The third-order valence-corrected chi connectivity index (χ3v) is 13.2. The molecule has 0 aliphatic carbocycles. The summed E-state index contributed by atoms with van der Waals surface area (Å²) < 4.78 is 13.4. The summed E-state index contributed by atoms with van der Waals surface area (Å²) in [5.41, 5.74) is 16.7. The normalized spacial score (nSPS) is 13.9. The van der Waals surface area contributed by atoms with Gasteiger partial charge in [0.2, 0.25) is 0 Å². The predicted molar refractivity (Wildman–Crippen MR) is 260 cm³/mol. The molecule has 9 aromatic rings. The maximum Gasteiger partial charge on any atom is 0.139 e. The molecule has 0 atom stereocenters. The third kappa shape index (κ3) is 6.60. The monoisotopic (exact) mass is 813 g/mol. The van der Waals surface area contributed by atoms with E-state index in [0.717, 1.165) is 62.3 Å². The van der Waals surface area contributed by atoms with Crippen LogP contribution in [0.2, 0.25) is 0 Å². The van der Waals surface area contributed by atoms with Gasteiger partial charge in [0.1, 0.15) is 23.0 Å². The summed E-state index contributed by atoms with van der Waals surface area (Å²) >= 11 is 0. The lowest BCUT2D eigenvalue weighted by Crippen LogP contribution is -2.24. The summed E-state index contributed by atoms with van der Waals surface area (Å²) in [6.07, 6.45) is 0. The molecule has 0 bridgehead atoms. The average molecular weight is 814 g/mol. The van der Waals surface area contributed by atoms with Crippen LogP contribution < -0.4 is 14.4 Å². The number of hydrogen-bond acceptors (Lipinski definition) is 3. The van der Waals surface area contributed by atoms with Crippen molar-refractivity contribution < 1.29 is 9.47 Å². The summed E-state index contributed by atoms with van der Waals surface area (Å²) in [5.74, 6) is 3.68. The van der Waals surface area contributed by atoms with Crippen LogP contribution in [0.3, 0.4) is 0 Å². The van der Waals surface area contributed by atoms with E-state index in [2.05, 4.69) is 233 Å². The fourth-order valence-electron chi connectivity index (χ4n) is 9.70. The number of rotatable bonds is 7. The van der Waals surface area contributed by atoms with E-state index >= 15 is 0 Å². The molecule has 0 saturated carbocycles. The first kappa shape index (κ1) is 38.3. The minimum absolute atomic E-state index is 0.189. The van der Waals surface area contributed by atoms with E-state index in [1.165, 1.54) is 44.5 Å². The fraction of sp³-hybridized carbons (Fsp3) is 0.100. The van der Waals surface area contributed by atoms with Crippen LogP contribution in [0.1, 0.15) is 49.9 Å². The Morgan fingerprint density at radius 3 is 1.02 bits per heavy atom. The minimum atomic E-state index is -0.189. The van der Waals surface area contributed by atoms with Gasteiger partial charge in [-0.3, -0.25) is 0 Å². The lowest BCUT2D eigenvalue weighted by molar-refractivity contribution is 0.419. The summed E-state index contributed by atoms with van der Waals surface area (Å²) in [6.45, 7) is 9.14. The smallest absolute Gasteiger partial charge is 0.139 e. The van der Waals surface area contributed by atoms with Gasteiger partial charge in [0.05, 0.1) is 0 Å². The van der Waals surface area contributed by atoms with Crippen LogP contribution in [0.4, 0.5) is 17.1 Å². The predicted octanol–water partition coefficient (Wildman–Crippen LogP) is 16.7. The van der Waals surface area contributed by atoms with Gasteiger partial charge >= 0.3 is 0 Å². The third-order valence-electron chi connectivity index (χ3n) is 13.2. The van der Waals surface area contributed by atoms with Gasteiger partial charge in [-0.25, -0.2) is 0 Å². The molecule has 2 aliphatic heterocycles. The topological polar surface area (TPSA) is 21.7 Å². The Morgan fingerprint density at radius 1 is 0.286 bits per heavy atom. The molecule has 0 unspecified atom stereocenters. The van der Waals surface area contributed by atoms with Crippen molar-refractivity contribution in [3.63, 3.8) is 0 Å². The SMILES string of the molecule is CC1(C)c2ccccc2Oc2c(-c3ccc(N(c4ccc(-c5ccc(-c6ccccc6)cc5)cc4)c4ccc(-c5cccc6c5Oc5ccccc5C6(C)C)cc4)cc3)cccc21. The highest BCUT2D eigenvalue weighted by molar-refractivity contribution is 5.84. The van der Waals surface area contributed by atoms with Crippen molar-refractivity contribution in [2.45, 2.75) is 38.5 Å². The quantitative estimate of drug-likeness (QED) is 0.160. The number of anilines is 3. The number of nitrogens with zero attached hydrogens (tertiary/aromatic N) is 1. The summed E-state index contributed by atoms with van der Waals surface area (Å²) in [5, 5.41) is 0. The number of ether oxygens (including phenoxy) is 2. The Morgan fingerprint density at radius 2 is 0.603 bits per heavy atom. The molecule has 2 aliphatic rings. The molecule has 0 saturated heterocycles. The highest BCUT2D eigenvalue weighted by atomic mass is 16.5. The van der Waals surface area contributed by atoms with Crippen molar-refractivity contribution in [3.8, 4) is 67.5 Å². The van der Waals surface area contributed by atoms with Crippen molar-refractivity contribution in [1.82, 2.24) is 0 Å². The first-order valence-electron chi connectivity index (χ1n) is 21.8. The second-order valence-corrected chi connectivity index (χ2v) is 17.7. The lowest BCUT2D eigenvalue weighted by atomic mass is 9.75. The maximum absolute atomic E-state index is 6.68. The van der Waals surface area contributed by atoms with Crippen LogP contribution in [0.15, 0.2) is 212 Å². The zero-order valence-electron chi connectivity index (χ0n) is 36.0. The van der Waals surface area contributed by atoms with Crippen molar-refractivity contribution in [1.29, 1.82) is 0 Å². The fourth-order valence-corrected chi connectivity index (χ4v) is 9.70. The molecule has 0 amide bonds. The minimum Gasteiger partial charge on any atom is -0.456 e. The Hall–Kier alpha value is -7.62. The van der Waals surface area contributed by atoms with E-state index in [4.69, 9.17) is 9.47 Å². The van der Waals surface area contributed by atoms with Crippen molar-refractivity contribution >= 4 is 17.1 Å². The molecule has 0 radical (unpaired) electrons. The molecule has 3 nitrogen and oxygen atoms in total. The van der Waals surface area contributed by atoms with Crippen LogP contribution in [0.5, 0.6) is 23.0 Å². The van der Waals surface area contributed by atoms with Crippen LogP contribution in [0, 0.1) is 0 Å². The van der Waals surface area contributed by atoms with E-state index in [-0.39, 0.29) is 10.8 Å². The van der Waals surface area contributed by atoms with E-state index in [1.807, 2.05) is 12.1 Å². The number of fused-ring (bicyclic) bond motifs is 4. The molecule has 63 heavy (non-hydrogen) atoms. The van der Waals surface area contributed by atoms with Gasteiger partial charge in [-0.1, -0.05) is 191 Å². The highest BCUT2D eigenvalue weighted by Crippen LogP contribution is 2.53. The Bertz CT molecular complexity index is 2980. The van der Waals surface area contributed by atoms with E-state index in [1.54, 1.807) is 0 Å². The molecule has 0 N–H and O–H groups in total. The second kappa shape index (κ2) is 15.1. The summed E-state index contributed by atoms with van der Waals surface area (Å²) in [4.78, 5) is 2.34. The number of hydrogen-bond donors (Lipinski definition) is 0. The molecule has 11 rings (SSSR count). The first-order valence-corrected chi connectivity index (χ1v) is 21.8. The molecule has 0 aromatic heterocycles. The zero-order chi connectivity index (χ0) is 42.7. The van der Waals surface area contributed by atoms with E-state index in [9.17, 15) is 0 Å². The van der Waals surface area contributed by atoms with Gasteiger partial charge in [-0.05, 0) is 81.9 Å². The molecule has 304 valence electrons. The highest BCUT2D eigenvalue weighted by Gasteiger charge is 2.36. The average Bonchev–Trinajstić information content (AvgIpc) is 3.33. The molecule has 0 spiro atoms. The van der Waals surface area contributed by atoms with Gasteiger partial charge < -0.3 is 14.4 Å². The lowest BCUT2D eigenvalue weighted by Gasteiger charge is -2.35. The molecule has 0 fully saturated rings. The Balaban J connectivity index is 0.960. The maximum atomic E-state index is 6.68. The van der Waals surface area contributed by atoms with Crippen LogP contribution in [0.25, 0.3) is 44.5 Å². The first-order chi connectivity index (χ1) is 30.7. The van der Waals surface area contributed by atoms with Gasteiger partial charge in [0.25, 0.3) is 0 Å². The zero-order valence-corrected chi connectivity index (χ0v) is 36.0. The van der Waals surface area contributed by atoms with Crippen molar-refractivity contribution in [3.05, 3.63) is 235 Å². The Labute approximate surface area is 370 Å². The largest absolute Gasteiger partial charge is 0.456 e. The van der Waals surface area contributed by atoms with Crippen LogP contribution in [-0.4, -0.2) is 0 Å². The van der Waals surface area contributed by atoms with Gasteiger partial charge in [0.15, 0.2) is 0 Å². The molecular formula is C60H47NO2. The second-order valence-electron chi connectivity index (χ2n) is 17.7. The summed E-state index contributed by atoms with van der Waals surface area (Å²) in [6, 6.07) is 75.9. The number of para-hydroxylation sites is 4. The molecule has 9 aromatic carbocycles. The molecule has 2 heterocycles. The molecule has 3 heteroatoms. The van der Waals surface area contributed by atoms with E-state index < -0.39 is 0 Å². The van der Waals surface area contributed by atoms with Crippen LogP contribution >= 0.6 is 0 Å². The van der Waals surface area contributed by atoms with Gasteiger partial charge in [-0.15, -0.1) is 0 Å².